The van der Waals surface area contributed by atoms with Gasteiger partial charge in [-0.3, -0.25) is 0 Å². The summed E-state index contributed by atoms with van der Waals surface area (Å²) in [6.45, 7) is 0. The fourth-order valence-corrected chi connectivity index (χ4v) is 0.927. The van der Waals surface area contributed by atoms with Crippen molar-refractivity contribution >= 4 is 18.3 Å². The van der Waals surface area contributed by atoms with Crippen LogP contribution in [0.1, 0.15) is 0 Å². The van der Waals surface area contributed by atoms with Crippen molar-refractivity contribution in [2.45, 2.75) is 0 Å². The van der Waals surface area contributed by atoms with Crippen molar-refractivity contribution in [3.05, 3.63) is 30.3 Å². The fourth-order valence-electron chi connectivity index (χ4n) is 0.764. The van der Waals surface area contributed by atoms with Crippen LogP contribution in [-0.2, 0) is 0 Å². The minimum Gasteiger partial charge on any atom is -0.366 e. The molecule has 54 valence electrons. The van der Waals surface area contributed by atoms with Crippen LogP contribution in [-0.4, -0.2) is 12.9 Å². The van der Waals surface area contributed by atoms with Crippen molar-refractivity contribution in [3.8, 4) is 0 Å². The standard InChI is InChI=1S/C8H11NS/c1-9(7-10)8-5-3-2-4-6-8/h2-6,10H,7H2,1H3. The lowest BCUT2D eigenvalue weighted by molar-refractivity contribution is 1.10. The summed E-state index contributed by atoms with van der Waals surface area (Å²) in [5.41, 5.74) is 1.21. The quantitative estimate of drug-likeness (QED) is 0.502. The number of benzene rings is 1. The first-order valence-corrected chi connectivity index (χ1v) is 3.85. The topological polar surface area (TPSA) is 3.24 Å². The summed E-state index contributed by atoms with van der Waals surface area (Å²) in [7, 11) is 2.02. The molecule has 0 spiro atoms. The molecular formula is C8H11NS. The van der Waals surface area contributed by atoms with Crippen molar-refractivity contribution < 1.29 is 0 Å². The summed E-state index contributed by atoms with van der Waals surface area (Å²) in [4.78, 5) is 2.07. The first-order valence-electron chi connectivity index (χ1n) is 3.21. The van der Waals surface area contributed by atoms with Crippen LogP contribution in [0.25, 0.3) is 0 Å². The molecule has 1 rings (SSSR count). The van der Waals surface area contributed by atoms with Gasteiger partial charge in [0.25, 0.3) is 0 Å². The van der Waals surface area contributed by atoms with Crippen LogP contribution in [0.2, 0.25) is 0 Å². The smallest absolute Gasteiger partial charge is 0.0606 e. The van der Waals surface area contributed by atoms with E-state index in [0.717, 1.165) is 5.88 Å². The molecule has 0 aliphatic carbocycles. The first kappa shape index (κ1) is 7.48. The third-order valence-corrected chi connectivity index (χ3v) is 1.83. The van der Waals surface area contributed by atoms with Crippen molar-refractivity contribution in [2.24, 2.45) is 0 Å². The van der Waals surface area contributed by atoms with E-state index in [9.17, 15) is 0 Å². The van der Waals surface area contributed by atoms with E-state index < -0.39 is 0 Å². The van der Waals surface area contributed by atoms with Crippen LogP contribution in [0.15, 0.2) is 30.3 Å². The van der Waals surface area contributed by atoms with Crippen LogP contribution in [0.3, 0.4) is 0 Å². The highest BCUT2D eigenvalue weighted by molar-refractivity contribution is 7.80. The molecule has 0 atom stereocenters. The Hall–Kier alpha value is -0.630. The number of rotatable bonds is 2. The maximum Gasteiger partial charge on any atom is 0.0606 e. The van der Waals surface area contributed by atoms with E-state index >= 15 is 0 Å². The molecule has 0 aliphatic rings. The largest absolute Gasteiger partial charge is 0.366 e. The molecule has 1 aromatic rings. The Morgan fingerprint density at radius 1 is 1.30 bits per heavy atom. The molecule has 0 aromatic heterocycles. The van der Waals surface area contributed by atoms with Gasteiger partial charge < -0.3 is 4.90 Å². The highest BCUT2D eigenvalue weighted by atomic mass is 32.1. The Morgan fingerprint density at radius 3 is 2.40 bits per heavy atom. The molecule has 0 heterocycles. The van der Waals surface area contributed by atoms with Gasteiger partial charge in [0.15, 0.2) is 0 Å². The zero-order chi connectivity index (χ0) is 7.40. The van der Waals surface area contributed by atoms with Gasteiger partial charge in [-0.15, -0.1) is 0 Å². The second-order valence-corrected chi connectivity index (χ2v) is 2.46. The van der Waals surface area contributed by atoms with Gasteiger partial charge in [-0.05, 0) is 12.1 Å². The Labute approximate surface area is 67.1 Å². The van der Waals surface area contributed by atoms with Crippen LogP contribution in [0, 0.1) is 0 Å². The van der Waals surface area contributed by atoms with Gasteiger partial charge in [0.2, 0.25) is 0 Å². The van der Waals surface area contributed by atoms with E-state index in [1.165, 1.54) is 5.69 Å². The zero-order valence-corrected chi connectivity index (χ0v) is 6.88. The number of para-hydroxylation sites is 1. The number of hydrogen-bond donors (Lipinski definition) is 1. The molecule has 0 aliphatic heterocycles. The second-order valence-electron chi connectivity index (χ2n) is 2.17. The van der Waals surface area contributed by atoms with E-state index in [0.29, 0.717) is 0 Å². The van der Waals surface area contributed by atoms with Crippen molar-refractivity contribution in [1.82, 2.24) is 0 Å². The van der Waals surface area contributed by atoms with Crippen LogP contribution in [0.4, 0.5) is 5.69 Å². The lowest BCUT2D eigenvalue weighted by atomic mass is 10.3. The van der Waals surface area contributed by atoms with E-state index in [1.54, 1.807) is 0 Å². The van der Waals surface area contributed by atoms with E-state index in [2.05, 4.69) is 29.7 Å². The Kier molecular flexibility index (Phi) is 2.63. The third kappa shape index (κ3) is 1.67. The first-order chi connectivity index (χ1) is 4.84. The summed E-state index contributed by atoms with van der Waals surface area (Å²) in [5, 5.41) is 0. The van der Waals surface area contributed by atoms with Gasteiger partial charge in [-0.1, -0.05) is 18.2 Å². The number of thiol groups is 1. The molecule has 1 aromatic carbocycles. The molecule has 2 heteroatoms. The summed E-state index contributed by atoms with van der Waals surface area (Å²) < 4.78 is 0. The van der Waals surface area contributed by atoms with Crippen LogP contribution < -0.4 is 4.90 Å². The molecule has 0 radical (unpaired) electrons. The molecule has 0 saturated carbocycles. The predicted octanol–water partition coefficient (Wildman–Crippen LogP) is 2.01. The monoisotopic (exact) mass is 153 g/mol. The summed E-state index contributed by atoms with van der Waals surface area (Å²) in [6, 6.07) is 10.2. The van der Waals surface area contributed by atoms with Crippen molar-refractivity contribution in [3.63, 3.8) is 0 Å². The van der Waals surface area contributed by atoms with Gasteiger partial charge in [0.05, 0.1) is 5.88 Å². The molecule has 0 N–H and O–H groups in total. The molecule has 10 heavy (non-hydrogen) atoms. The second kappa shape index (κ2) is 3.52. The Morgan fingerprint density at radius 2 is 1.90 bits per heavy atom. The average Bonchev–Trinajstić information content (AvgIpc) is 2.05. The number of nitrogens with zero attached hydrogens (tertiary/aromatic N) is 1. The Balaban J connectivity index is 2.75. The normalized spacial score (nSPS) is 9.40. The lowest BCUT2D eigenvalue weighted by Crippen LogP contribution is -2.13. The van der Waals surface area contributed by atoms with Crippen molar-refractivity contribution in [2.75, 3.05) is 17.8 Å². The van der Waals surface area contributed by atoms with Gasteiger partial charge in [-0.2, -0.15) is 12.6 Å². The highest BCUT2D eigenvalue weighted by Gasteiger charge is 1.93. The molecule has 0 bridgehead atoms. The van der Waals surface area contributed by atoms with Crippen LogP contribution in [0.5, 0.6) is 0 Å². The fraction of sp³-hybridized carbons (Fsp3) is 0.250. The number of hydrogen-bond acceptors (Lipinski definition) is 2. The number of anilines is 1. The summed E-state index contributed by atoms with van der Waals surface area (Å²) in [6.07, 6.45) is 0. The van der Waals surface area contributed by atoms with Gasteiger partial charge in [0.1, 0.15) is 0 Å². The van der Waals surface area contributed by atoms with Gasteiger partial charge in [0, 0.05) is 12.7 Å². The summed E-state index contributed by atoms with van der Waals surface area (Å²) >= 11 is 4.15. The molecule has 1 nitrogen and oxygen atoms in total. The van der Waals surface area contributed by atoms with Crippen molar-refractivity contribution in [1.29, 1.82) is 0 Å². The summed E-state index contributed by atoms with van der Waals surface area (Å²) in [5.74, 6) is 0.754. The maximum absolute atomic E-state index is 4.15. The molecular weight excluding hydrogens is 142 g/mol. The van der Waals surface area contributed by atoms with Crippen LogP contribution >= 0.6 is 12.6 Å². The van der Waals surface area contributed by atoms with E-state index in [1.807, 2.05) is 25.2 Å². The predicted molar refractivity (Wildman–Crippen MR) is 48.7 cm³/mol. The van der Waals surface area contributed by atoms with E-state index in [4.69, 9.17) is 0 Å². The zero-order valence-electron chi connectivity index (χ0n) is 5.99. The lowest BCUT2D eigenvalue weighted by Gasteiger charge is -2.14. The van der Waals surface area contributed by atoms with Gasteiger partial charge in [-0.25, -0.2) is 0 Å². The molecule has 0 saturated heterocycles. The maximum atomic E-state index is 4.15. The molecule has 0 unspecified atom stereocenters. The Bertz CT molecular complexity index is 186. The minimum atomic E-state index is 0.754. The molecule has 0 amide bonds. The highest BCUT2D eigenvalue weighted by Crippen LogP contribution is 2.10. The average molecular weight is 153 g/mol. The third-order valence-electron chi connectivity index (χ3n) is 1.41. The molecule has 0 fully saturated rings. The van der Waals surface area contributed by atoms with E-state index in [-0.39, 0.29) is 0 Å². The SMILES string of the molecule is CN(CS)c1ccccc1. The minimum absolute atomic E-state index is 0.754. The van der Waals surface area contributed by atoms with Gasteiger partial charge >= 0.3 is 0 Å².